The highest BCUT2D eigenvalue weighted by atomic mass is 79.9. The van der Waals surface area contributed by atoms with Crippen LogP contribution in [0.5, 0.6) is 0 Å². The van der Waals surface area contributed by atoms with Crippen LogP contribution in [0.3, 0.4) is 0 Å². The summed E-state index contributed by atoms with van der Waals surface area (Å²) in [5, 5.41) is 3.01. The molecule has 1 fully saturated rings. The number of hydrogen-bond acceptors (Lipinski definition) is 2. The maximum atomic E-state index is 11.9. The Labute approximate surface area is 116 Å². The first-order valence-electron chi connectivity index (χ1n) is 5.23. The van der Waals surface area contributed by atoms with E-state index in [1.807, 2.05) is 6.07 Å². The topological polar surface area (TPSA) is 29.1 Å². The van der Waals surface area contributed by atoms with E-state index in [0.717, 1.165) is 19.7 Å². The molecule has 1 aliphatic rings. The van der Waals surface area contributed by atoms with Crippen LogP contribution in [-0.4, -0.2) is 12.5 Å². The monoisotopic (exact) mass is 365 g/mol. The molecule has 1 N–H and O–H groups in total. The van der Waals surface area contributed by atoms with E-state index in [9.17, 15) is 4.79 Å². The molecule has 0 radical (unpaired) electrons. The number of nitrogens with one attached hydrogen (secondary N) is 1. The van der Waals surface area contributed by atoms with Crippen LogP contribution in [0.25, 0.3) is 0 Å². The highest BCUT2D eigenvalue weighted by Gasteiger charge is 2.32. The van der Waals surface area contributed by atoms with Crippen LogP contribution in [-0.2, 0) is 0 Å². The Bertz CT molecular complexity index is 412. The molecule has 5 heteroatoms. The molecule has 0 saturated heterocycles. The first-order chi connectivity index (χ1) is 7.50. The van der Waals surface area contributed by atoms with Crippen LogP contribution in [0.1, 0.15) is 36.5 Å². The molecule has 0 spiro atoms. The lowest BCUT2D eigenvalue weighted by molar-refractivity contribution is 0.0890. The van der Waals surface area contributed by atoms with E-state index in [1.165, 1.54) is 30.6 Å². The van der Waals surface area contributed by atoms with Gasteiger partial charge in [0.1, 0.15) is 0 Å². The van der Waals surface area contributed by atoms with Crippen molar-refractivity contribution < 1.29 is 4.79 Å². The van der Waals surface area contributed by atoms with Gasteiger partial charge in [0.15, 0.2) is 0 Å². The Hall–Kier alpha value is 0.130. The lowest BCUT2D eigenvalue weighted by atomic mass is 9.70. The van der Waals surface area contributed by atoms with Gasteiger partial charge in [0.2, 0.25) is 0 Å². The van der Waals surface area contributed by atoms with Crippen LogP contribution >= 0.6 is 43.2 Å². The van der Waals surface area contributed by atoms with E-state index in [1.54, 1.807) is 0 Å². The molecule has 88 valence electrons. The van der Waals surface area contributed by atoms with Crippen molar-refractivity contribution in [3.8, 4) is 0 Å². The molecule has 0 aliphatic heterocycles. The number of amides is 1. The van der Waals surface area contributed by atoms with Crippen LogP contribution in [0.2, 0.25) is 0 Å². The summed E-state index contributed by atoms with van der Waals surface area (Å²) in [4.78, 5) is 11.9. The van der Waals surface area contributed by atoms with E-state index >= 15 is 0 Å². The molecule has 1 saturated carbocycles. The van der Waals surface area contributed by atoms with Gasteiger partial charge in [0.05, 0.1) is 13.1 Å². The average Bonchev–Trinajstić information content (AvgIpc) is 2.51. The molecule has 1 aromatic rings. The van der Waals surface area contributed by atoms with Gasteiger partial charge in [-0.3, -0.25) is 4.79 Å². The minimum Gasteiger partial charge on any atom is -0.351 e. The average molecular weight is 367 g/mol. The van der Waals surface area contributed by atoms with Crippen molar-refractivity contribution in [1.82, 2.24) is 5.32 Å². The summed E-state index contributed by atoms with van der Waals surface area (Å²) in [5.74, 6) is 0.0157. The predicted molar refractivity (Wildman–Crippen MR) is 74.0 cm³/mol. The Balaban J connectivity index is 1.95. The zero-order valence-electron chi connectivity index (χ0n) is 8.98. The summed E-state index contributed by atoms with van der Waals surface area (Å²) in [6.07, 6.45) is 3.74. The molecule has 1 aromatic heterocycles. The standard InChI is InChI=1S/C11H13Br2NOS/c1-11(3-2-4-11)6-14-10(15)7-5-8(12)16-9(7)13/h5H,2-4,6H2,1H3,(H,14,15). The van der Waals surface area contributed by atoms with E-state index in [0.29, 0.717) is 5.41 Å². The summed E-state index contributed by atoms with van der Waals surface area (Å²) in [5.41, 5.74) is 1.05. The van der Waals surface area contributed by atoms with Crippen molar-refractivity contribution in [2.75, 3.05) is 6.54 Å². The van der Waals surface area contributed by atoms with Crippen LogP contribution < -0.4 is 5.32 Å². The summed E-state index contributed by atoms with van der Waals surface area (Å²) in [7, 11) is 0. The number of rotatable bonds is 3. The van der Waals surface area contributed by atoms with E-state index in [2.05, 4.69) is 44.1 Å². The summed E-state index contributed by atoms with van der Waals surface area (Å²) in [6, 6.07) is 1.85. The van der Waals surface area contributed by atoms with Gasteiger partial charge in [0, 0.05) is 6.54 Å². The Morgan fingerprint density at radius 2 is 2.25 bits per heavy atom. The molecule has 2 nitrogen and oxygen atoms in total. The highest BCUT2D eigenvalue weighted by Crippen LogP contribution is 2.39. The van der Waals surface area contributed by atoms with Gasteiger partial charge in [-0.1, -0.05) is 13.3 Å². The molecule has 0 unspecified atom stereocenters. The third kappa shape index (κ3) is 2.68. The Morgan fingerprint density at radius 1 is 1.56 bits per heavy atom. The third-order valence-electron chi connectivity index (χ3n) is 3.14. The molecule has 0 atom stereocenters. The van der Waals surface area contributed by atoms with Crippen molar-refractivity contribution in [2.45, 2.75) is 26.2 Å². The molecule has 0 bridgehead atoms. The SMILES string of the molecule is CC1(CNC(=O)c2cc(Br)sc2Br)CCC1. The first-order valence-corrected chi connectivity index (χ1v) is 7.63. The van der Waals surface area contributed by atoms with Crippen LogP contribution in [0.4, 0.5) is 0 Å². The van der Waals surface area contributed by atoms with Gasteiger partial charge in [-0.25, -0.2) is 0 Å². The normalized spacial score (nSPS) is 17.9. The fourth-order valence-electron chi connectivity index (χ4n) is 1.84. The molecular formula is C11H13Br2NOS. The Morgan fingerprint density at radius 3 is 2.69 bits per heavy atom. The minimum atomic E-state index is 0.0157. The van der Waals surface area contributed by atoms with E-state index in [-0.39, 0.29) is 5.91 Å². The summed E-state index contributed by atoms with van der Waals surface area (Å²) < 4.78 is 1.86. The second-order valence-corrected chi connectivity index (χ2v) is 8.33. The summed E-state index contributed by atoms with van der Waals surface area (Å²) in [6.45, 7) is 3.01. The fourth-order valence-corrected chi connectivity index (χ4v) is 4.63. The number of carbonyl (C=O) groups is 1. The van der Waals surface area contributed by atoms with E-state index in [4.69, 9.17) is 0 Å². The maximum Gasteiger partial charge on any atom is 0.253 e. The van der Waals surface area contributed by atoms with Gasteiger partial charge in [-0.2, -0.15) is 0 Å². The predicted octanol–water partition coefficient (Wildman–Crippen LogP) is 4.19. The molecule has 16 heavy (non-hydrogen) atoms. The number of halogens is 2. The molecule has 1 aliphatic carbocycles. The molecule has 1 heterocycles. The number of thiophene rings is 1. The molecule has 0 aromatic carbocycles. The quantitative estimate of drug-likeness (QED) is 0.853. The van der Waals surface area contributed by atoms with Crippen LogP contribution in [0, 0.1) is 5.41 Å². The van der Waals surface area contributed by atoms with Crippen molar-refractivity contribution in [3.05, 3.63) is 19.2 Å². The number of carbonyl (C=O) groups excluding carboxylic acids is 1. The largest absolute Gasteiger partial charge is 0.351 e. The first kappa shape index (κ1) is 12.6. The molecule has 2 rings (SSSR count). The van der Waals surface area contributed by atoms with Gasteiger partial charge >= 0.3 is 0 Å². The second kappa shape index (κ2) is 4.78. The van der Waals surface area contributed by atoms with Gasteiger partial charge in [-0.15, -0.1) is 11.3 Å². The lowest BCUT2D eigenvalue weighted by Gasteiger charge is -2.38. The zero-order chi connectivity index (χ0) is 11.8. The van der Waals surface area contributed by atoms with Crippen molar-refractivity contribution in [2.24, 2.45) is 5.41 Å². The van der Waals surface area contributed by atoms with Gasteiger partial charge in [0.25, 0.3) is 5.91 Å². The van der Waals surface area contributed by atoms with Gasteiger partial charge in [-0.05, 0) is 56.2 Å². The van der Waals surface area contributed by atoms with E-state index < -0.39 is 0 Å². The lowest BCUT2D eigenvalue weighted by Crippen LogP contribution is -2.39. The highest BCUT2D eigenvalue weighted by molar-refractivity contribution is 9.12. The zero-order valence-corrected chi connectivity index (χ0v) is 13.0. The number of hydrogen-bond donors (Lipinski definition) is 1. The maximum absolute atomic E-state index is 11.9. The van der Waals surface area contributed by atoms with Gasteiger partial charge < -0.3 is 5.32 Å². The smallest absolute Gasteiger partial charge is 0.253 e. The van der Waals surface area contributed by atoms with Crippen molar-refractivity contribution in [1.29, 1.82) is 0 Å². The minimum absolute atomic E-state index is 0.0157. The molecular weight excluding hydrogens is 354 g/mol. The molecule has 1 amide bonds. The van der Waals surface area contributed by atoms with Crippen molar-refractivity contribution >= 4 is 49.1 Å². The van der Waals surface area contributed by atoms with Crippen molar-refractivity contribution in [3.63, 3.8) is 0 Å². The summed E-state index contributed by atoms with van der Waals surface area (Å²) >= 11 is 8.30. The fraction of sp³-hybridized carbons (Fsp3) is 0.545. The third-order valence-corrected chi connectivity index (χ3v) is 5.48. The Kier molecular flexibility index (Phi) is 3.76. The second-order valence-electron chi connectivity index (χ2n) is 4.58. The van der Waals surface area contributed by atoms with Crippen LogP contribution in [0.15, 0.2) is 13.6 Å².